The summed E-state index contributed by atoms with van der Waals surface area (Å²) < 4.78 is 57.7. The van der Waals surface area contributed by atoms with E-state index in [-0.39, 0.29) is 0 Å². The SMILES string of the molecule is CC(CC(F)(F)F)OS(=O)[O-]. The van der Waals surface area contributed by atoms with E-state index in [4.69, 9.17) is 0 Å². The van der Waals surface area contributed by atoms with E-state index >= 15 is 0 Å². The van der Waals surface area contributed by atoms with Crippen LogP contribution in [0.1, 0.15) is 13.3 Å². The maximum absolute atomic E-state index is 11.5. The maximum atomic E-state index is 11.5. The average molecular weight is 191 g/mol. The van der Waals surface area contributed by atoms with Gasteiger partial charge < -0.3 is 4.55 Å². The summed E-state index contributed by atoms with van der Waals surface area (Å²) in [7, 11) is 0. The van der Waals surface area contributed by atoms with Crippen LogP contribution in [0.2, 0.25) is 0 Å². The Morgan fingerprint density at radius 3 is 2.36 bits per heavy atom. The minimum atomic E-state index is -4.39. The summed E-state index contributed by atoms with van der Waals surface area (Å²) in [5.74, 6) is 0. The number of alkyl halides is 3. The molecule has 7 heteroatoms. The number of hydrogen-bond acceptors (Lipinski definition) is 3. The van der Waals surface area contributed by atoms with Crippen LogP contribution in [0.4, 0.5) is 13.2 Å². The third kappa shape index (κ3) is 7.76. The van der Waals surface area contributed by atoms with Crippen molar-refractivity contribution in [3.63, 3.8) is 0 Å². The van der Waals surface area contributed by atoms with Crippen LogP contribution in [-0.2, 0) is 15.5 Å². The largest absolute Gasteiger partial charge is 0.750 e. The van der Waals surface area contributed by atoms with Gasteiger partial charge in [0.2, 0.25) is 0 Å². The Morgan fingerprint density at radius 2 is 2.09 bits per heavy atom. The molecule has 0 N–H and O–H groups in total. The van der Waals surface area contributed by atoms with Gasteiger partial charge in [0.05, 0.1) is 23.9 Å². The molecule has 0 aromatic carbocycles. The molecule has 0 saturated carbocycles. The van der Waals surface area contributed by atoms with Crippen molar-refractivity contribution in [3.8, 4) is 0 Å². The quantitative estimate of drug-likeness (QED) is 0.628. The van der Waals surface area contributed by atoms with Gasteiger partial charge in [0.1, 0.15) is 0 Å². The molecule has 0 rings (SSSR count). The standard InChI is InChI=1S/C4H7F3O3S/c1-3(10-11(8)9)2-4(5,6)7/h3H,2H2,1H3,(H,8,9)/p-1. The molecule has 2 atom stereocenters. The molecule has 0 amide bonds. The zero-order valence-electron chi connectivity index (χ0n) is 5.55. The predicted octanol–water partition coefficient (Wildman–Crippen LogP) is 1.14. The van der Waals surface area contributed by atoms with Crippen molar-refractivity contribution in [1.29, 1.82) is 0 Å². The van der Waals surface area contributed by atoms with Gasteiger partial charge >= 0.3 is 6.18 Å². The van der Waals surface area contributed by atoms with Crippen LogP contribution in [0.3, 0.4) is 0 Å². The Kier molecular flexibility index (Phi) is 3.98. The van der Waals surface area contributed by atoms with Gasteiger partial charge in [-0.2, -0.15) is 13.2 Å². The molecule has 0 saturated heterocycles. The van der Waals surface area contributed by atoms with Gasteiger partial charge in [-0.15, -0.1) is 0 Å². The summed E-state index contributed by atoms with van der Waals surface area (Å²) >= 11 is -2.88. The monoisotopic (exact) mass is 191 g/mol. The fourth-order valence-electron chi connectivity index (χ4n) is 0.494. The van der Waals surface area contributed by atoms with Crippen molar-refractivity contribution in [3.05, 3.63) is 0 Å². The second-order valence-corrected chi connectivity index (χ2v) is 2.53. The molecule has 0 fully saturated rings. The van der Waals surface area contributed by atoms with E-state index in [1.807, 2.05) is 0 Å². The molecule has 0 aliphatic rings. The lowest BCUT2D eigenvalue weighted by atomic mass is 10.3. The second kappa shape index (κ2) is 4.03. The van der Waals surface area contributed by atoms with Gasteiger partial charge in [-0.05, 0) is 6.92 Å². The smallest absolute Gasteiger partial charge is 0.391 e. The highest BCUT2D eigenvalue weighted by Crippen LogP contribution is 2.22. The van der Waals surface area contributed by atoms with Gasteiger partial charge in [-0.25, -0.2) is 4.21 Å². The summed E-state index contributed by atoms with van der Waals surface area (Å²) in [6.45, 7) is 1.03. The maximum Gasteiger partial charge on any atom is 0.391 e. The van der Waals surface area contributed by atoms with Gasteiger partial charge in [-0.1, -0.05) is 0 Å². The van der Waals surface area contributed by atoms with Gasteiger partial charge in [0.15, 0.2) is 0 Å². The Balaban J connectivity index is 3.69. The molecule has 0 aromatic rings. The second-order valence-electron chi connectivity index (χ2n) is 1.93. The summed E-state index contributed by atoms with van der Waals surface area (Å²) in [5.41, 5.74) is 0. The lowest BCUT2D eigenvalue weighted by Crippen LogP contribution is -2.20. The van der Waals surface area contributed by atoms with Crippen LogP contribution >= 0.6 is 0 Å². The summed E-state index contributed by atoms with van der Waals surface area (Å²) in [5, 5.41) is 0. The van der Waals surface area contributed by atoms with Crippen molar-refractivity contribution in [2.45, 2.75) is 25.6 Å². The number of hydrogen-bond donors (Lipinski definition) is 0. The zero-order chi connectivity index (χ0) is 9.07. The summed E-state index contributed by atoms with van der Waals surface area (Å²) in [6.07, 6.45) is -7.01. The minimum Gasteiger partial charge on any atom is -0.750 e. The van der Waals surface area contributed by atoms with E-state index in [0.29, 0.717) is 0 Å². The van der Waals surface area contributed by atoms with Crippen LogP contribution in [0, 0.1) is 0 Å². The number of halogens is 3. The third-order valence-corrected chi connectivity index (χ3v) is 1.25. The number of rotatable bonds is 3. The fraction of sp³-hybridized carbons (Fsp3) is 1.00. The van der Waals surface area contributed by atoms with Crippen LogP contribution < -0.4 is 0 Å². The first-order valence-electron chi connectivity index (χ1n) is 2.64. The molecule has 0 heterocycles. The van der Waals surface area contributed by atoms with E-state index in [1.165, 1.54) is 0 Å². The molecule has 68 valence electrons. The molecule has 0 radical (unpaired) electrons. The van der Waals surface area contributed by atoms with Gasteiger partial charge in [0.25, 0.3) is 0 Å². The lowest BCUT2D eigenvalue weighted by molar-refractivity contribution is -0.148. The molecular formula is C4H6F3O3S-. The van der Waals surface area contributed by atoms with E-state index in [2.05, 4.69) is 4.18 Å². The van der Waals surface area contributed by atoms with E-state index in [0.717, 1.165) is 6.92 Å². The fourth-order valence-corrected chi connectivity index (χ4v) is 0.830. The first-order chi connectivity index (χ1) is 4.81. The summed E-state index contributed by atoms with van der Waals surface area (Å²) in [4.78, 5) is 0. The molecule has 0 aliphatic carbocycles. The van der Waals surface area contributed by atoms with Crippen LogP contribution in [-0.4, -0.2) is 21.0 Å². The molecule has 2 unspecified atom stereocenters. The third-order valence-electron chi connectivity index (χ3n) is 0.762. The van der Waals surface area contributed by atoms with Crippen molar-refractivity contribution in [2.75, 3.05) is 0 Å². The Labute approximate surface area is 64.0 Å². The van der Waals surface area contributed by atoms with Crippen molar-refractivity contribution in [1.82, 2.24) is 0 Å². The molecule has 0 bridgehead atoms. The Morgan fingerprint density at radius 1 is 1.64 bits per heavy atom. The molecule has 0 aliphatic heterocycles. The van der Waals surface area contributed by atoms with E-state index in [1.54, 1.807) is 0 Å². The first kappa shape index (κ1) is 10.9. The van der Waals surface area contributed by atoms with Crippen LogP contribution in [0.15, 0.2) is 0 Å². The molecule has 3 nitrogen and oxygen atoms in total. The van der Waals surface area contributed by atoms with Crippen molar-refractivity contribution < 1.29 is 26.1 Å². The van der Waals surface area contributed by atoms with Gasteiger partial charge in [0, 0.05) is 0 Å². The Hall–Kier alpha value is -0.140. The summed E-state index contributed by atoms with van der Waals surface area (Å²) in [6, 6.07) is 0. The first-order valence-corrected chi connectivity index (χ1v) is 3.64. The highest BCUT2D eigenvalue weighted by atomic mass is 32.2. The average Bonchev–Trinajstić information content (AvgIpc) is 1.53. The molecule has 0 spiro atoms. The zero-order valence-corrected chi connectivity index (χ0v) is 6.37. The molecular weight excluding hydrogens is 185 g/mol. The Bertz CT molecular complexity index is 146. The topological polar surface area (TPSA) is 49.4 Å². The van der Waals surface area contributed by atoms with Crippen LogP contribution in [0.25, 0.3) is 0 Å². The highest BCUT2D eigenvalue weighted by Gasteiger charge is 2.30. The molecule has 11 heavy (non-hydrogen) atoms. The van der Waals surface area contributed by atoms with E-state index < -0.39 is 30.1 Å². The van der Waals surface area contributed by atoms with E-state index in [9.17, 15) is 21.9 Å². The molecule has 0 aromatic heterocycles. The van der Waals surface area contributed by atoms with Gasteiger partial charge in [-0.3, -0.25) is 4.18 Å². The van der Waals surface area contributed by atoms with Crippen molar-refractivity contribution in [2.24, 2.45) is 0 Å². The normalized spacial score (nSPS) is 17.9. The van der Waals surface area contributed by atoms with Crippen molar-refractivity contribution >= 4 is 11.4 Å². The van der Waals surface area contributed by atoms with Crippen LogP contribution in [0.5, 0.6) is 0 Å². The predicted molar refractivity (Wildman–Crippen MR) is 30.1 cm³/mol. The highest BCUT2D eigenvalue weighted by molar-refractivity contribution is 7.74. The lowest BCUT2D eigenvalue weighted by Gasteiger charge is -2.15. The minimum absolute atomic E-state index is 1.03.